The summed E-state index contributed by atoms with van der Waals surface area (Å²) >= 11 is 0. The van der Waals surface area contributed by atoms with E-state index in [4.69, 9.17) is 8.83 Å². The van der Waals surface area contributed by atoms with Crippen molar-refractivity contribution in [3.05, 3.63) is 518 Å². The molecule has 0 radical (unpaired) electrons. The van der Waals surface area contributed by atoms with E-state index in [1.54, 1.807) is 0 Å². The minimum Gasteiger partial charge on any atom is -0.455 e. The summed E-state index contributed by atoms with van der Waals surface area (Å²) in [5.74, 6) is 0. The van der Waals surface area contributed by atoms with Crippen molar-refractivity contribution in [3.8, 4) is 111 Å². The van der Waals surface area contributed by atoms with Gasteiger partial charge in [-0.1, -0.05) is 380 Å². The number of nitrogens with zero attached hydrogens (tertiary/aromatic N) is 2. The van der Waals surface area contributed by atoms with Gasteiger partial charge in [0.15, 0.2) is 0 Å². The van der Waals surface area contributed by atoms with Crippen molar-refractivity contribution in [1.82, 2.24) is 0 Å². The molecule has 4 heteroatoms. The van der Waals surface area contributed by atoms with Crippen LogP contribution in [0.15, 0.2) is 482 Å². The van der Waals surface area contributed by atoms with Gasteiger partial charge >= 0.3 is 0 Å². The normalized spacial score (nSPS) is 13.2. The molecule has 0 spiro atoms. The largest absolute Gasteiger partial charge is 0.455 e. The highest BCUT2D eigenvalue weighted by atomic mass is 16.3. The zero-order valence-corrected chi connectivity index (χ0v) is 73.2. The third-order valence-corrected chi connectivity index (χ3v) is 28.1. The molecule has 0 aliphatic heterocycles. The van der Waals surface area contributed by atoms with Gasteiger partial charge in [0.1, 0.15) is 22.3 Å². The molecule has 0 fully saturated rings. The summed E-state index contributed by atoms with van der Waals surface area (Å²) in [5.41, 5.74) is 44.0. The highest BCUT2D eigenvalue weighted by Crippen LogP contribution is 2.59. The zero-order chi connectivity index (χ0) is 87.5. The fourth-order valence-electron chi connectivity index (χ4n) is 21.5. The van der Waals surface area contributed by atoms with Gasteiger partial charge in [0.2, 0.25) is 0 Å². The van der Waals surface area contributed by atoms with Crippen LogP contribution in [0.1, 0.15) is 72.2 Å². The minimum absolute atomic E-state index is 0.103. The van der Waals surface area contributed by atoms with E-state index < -0.39 is 5.41 Å². The topological polar surface area (TPSA) is 32.8 Å². The van der Waals surface area contributed by atoms with Crippen molar-refractivity contribution >= 4 is 78.0 Å². The lowest BCUT2D eigenvalue weighted by Gasteiger charge is -2.34. The highest BCUT2D eigenvalue weighted by molar-refractivity contribution is 6.13. The Labute approximate surface area is 764 Å². The second kappa shape index (κ2) is 31.6. The molecule has 22 aromatic rings. The highest BCUT2D eigenvalue weighted by Gasteiger charge is 2.47. The molecule has 0 unspecified atom stereocenters. The molecule has 20 aromatic carbocycles. The molecule has 0 saturated heterocycles. The van der Waals surface area contributed by atoms with E-state index in [9.17, 15) is 0 Å². The molecule has 0 atom stereocenters. The van der Waals surface area contributed by atoms with Crippen LogP contribution >= 0.6 is 0 Å². The van der Waals surface area contributed by atoms with E-state index in [-0.39, 0.29) is 10.8 Å². The van der Waals surface area contributed by atoms with Crippen LogP contribution in [0.25, 0.3) is 155 Å². The molecule has 0 amide bonds. The van der Waals surface area contributed by atoms with Gasteiger partial charge < -0.3 is 18.6 Å². The lowest BCUT2D eigenvalue weighted by Crippen LogP contribution is -2.28. The van der Waals surface area contributed by atoms with Crippen LogP contribution < -0.4 is 9.80 Å². The quantitative estimate of drug-likeness (QED) is 0.102. The van der Waals surface area contributed by atoms with Gasteiger partial charge in [0.05, 0.1) is 5.41 Å². The molecule has 2 aromatic heterocycles. The summed E-state index contributed by atoms with van der Waals surface area (Å²) < 4.78 is 13.6. The van der Waals surface area contributed by atoms with E-state index in [0.29, 0.717) is 0 Å². The van der Waals surface area contributed by atoms with Crippen LogP contribution in [0.4, 0.5) is 34.1 Å². The van der Waals surface area contributed by atoms with E-state index in [0.717, 1.165) is 117 Å². The van der Waals surface area contributed by atoms with E-state index in [2.05, 4.69) is 511 Å². The van der Waals surface area contributed by atoms with Crippen molar-refractivity contribution in [2.24, 2.45) is 0 Å². The molecular formula is C127H90N2O2. The standard InChI is InChI=1S/C67H45NO.C60H45NO/c1-5-17-46(18-6-1)48-29-36-55(37-30-48)68(56-38-31-49(32-39-56)47-19-7-2-8-20-47)57-40-33-50(34-41-57)52-43-61(66-62(44-52)60-26-14-16-28-65(60)69-66)51-35-42-59-58-25-13-15-27-63(58)67(64(59)45-51,53-21-9-3-10-22-53)54-23-11-4-12-24-54;1-59(2)53-19-11-8-16-46(53)48-32-26-41(36-55(48)59)51-34-42(35-52-50-18-10-13-21-57(50)62-58(51)52)40-24-29-44(30-25-40)61(43-27-22-39(23-28-43)38-14-6-5-7-15-38)45-31-33-49-47-17-9-12-20-54(47)60(3,4)56(49)37-45/h1-45H;5-37H,1-4H3. The first-order valence-electron chi connectivity index (χ1n) is 45.5. The van der Waals surface area contributed by atoms with Crippen LogP contribution in [0.3, 0.4) is 0 Å². The lowest BCUT2D eigenvalue weighted by molar-refractivity contribution is 0.660. The maximum absolute atomic E-state index is 6.85. The Morgan fingerprint density at radius 1 is 0.168 bits per heavy atom. The van der Waals surface area contributed by atoms with Crippen molar-refractivity contribution < 1.29 is 8.83 Å². The second-order valence-electron chi connectivity index (χ2n) is 36.1. The number of hydrogen-bond donors (Lipinski definition) is 0. The Bertz CT molecular complexity index is 8010. The molecule has 3 aliphatic carbocycles. The van der Waals surface area contributed by atoms with Gasteiger partial charge in [-0.25, -0.2) is 0 Å². The van der Waals surface area contributed by atoms with Gasteiger partial charge in [-0.15, -0.1) is 0 Å². The van der Waals surface area contributed by atoms with Gasteiger partial charge in [-0.2, -0.15) is 0 Å². The Morgan fingerprint density at radius 2 is 0.435 bits per heavy atom. The summed E-state index contributed by atoms with van der Waals surface area (Å²) in [5, 5.41) is 4.46. The monoisotopic (exact) mass is 1670 g/mol. The zero-order valence-electron chi connectivity index (χ0n) is 73.2. The molecule has 0 saturated carbocycles. The predicted molar refractivity (Wildman–Crippen MR) is 547 cm³/mol. The third-order valence-electron chi connectivity index (χ3n) is 28.1. The van der Waals surface area contributed by atoms with Crippen molar-refractivity contribution in [2.75, 3.05) is 9.80 Å². The minimum atomic E-state index is -0.513. The van der Waals surface area contributed by atoms with Crippen molar-refractivity contribution in [2.45, 2.75) is 43.9 Å². The third kappa shape index (κ3) is 13.2. The molecule has 620 valence electrons. The van der Waals surface area contributed by atoms with Gasteiger partial charge in [0, 0.05) is 77.6 Å². The number of rotatable bonds is 15. The van der Waals surface area contributed by atoms with Crippen LogP contribution in [0.2, 0.25) is 0 Å². The van der Waals surface area contributed by atoms with Crippen molar-refractivity contribution in [1.29, 1.82) is 0 Å². The maximum atomic E-state index is 6.85. The average molecular weight is 1680 g/mol. The smallest absolute Gasteiger partial charge is 0.143 e. The number of benzene rings is 20. The number of fused-ring (bicyclic) bond motifs is 15. The molecule has 25 rings (SSSR count). The molecular weight excluding hydrogens is 1590 g/mol. The van der Waals surface area contributed by atoms with Gasteiger partial charge in [-0.3, -0.25) is 0 Å². The number of para-hydroxylation sites is 2. The first-order chi connectivity index (χ1) is 64.4. The fraction of sp³-hybridized carbons (Fsp3) is 0.0551. The fourth-order valence-corrected chi connectivity index (χ4v) is 21.5. The maximum Gasteiger partial charge on any atom is 0.143 e. The van der Waals surface area contributed by atoms with Crippen LogP contribution in [0, 0.1) is 0 Å². The first-order valence-corrected chi connectivity index (χ1v) is 45.5. The molecule has 2 heterocycles. The summed E-state index contributed by atoms with van der Waals surface area (Å²) in [4.78, 5) is 4.75. The van der Waals surface area contributed by atoms with Gasteiger partial charge in [0.25, 0.3) is 0 Å². The van der Waals surface area contributed by atoms with Crippen LogP contribution in [-0.4, -0.2) is 0 Å². The summed E-state index contributed by atoms with van der Waals surface area (Å²) in [6.07, 6.45) is 0. The van der Waals surface area contributed by atoms with Crippen molar-refractivity contribution in [3.63, 3.8) is 0 Å². The molecule has 3 aliphatic rings. The van der Waals surface area contributed by atoms with Crippen LogP contribution in [0.5, 0.6) is 0 Å². The molecule has 0 bridgehead atoms. The number of anilines is 6. The Kier molecular flexibility index (Phi) is 18.8. The van der Waals surface area contributed by atoms with Crippen LogP contribution in [-0.2, 0) is 16.2 Å². The lowest BCUT2D eigenvalue weighted by atomic mass is 9.67. The Balaban J connectivity index is 0.000000146. The number of hydrogen-bond acceptors (Lipinski definition) is 4. The Morgan fingerprint density at radius 3 is 0.832 bits per heavy atom. The summed E-state index contributed by atoms with van der Waals surface area (Å²) in [6.45, 7) is 9.40. The van der Waals surface area contributed by atoms with Gasteiger partial charge in [-0.05, 0) is 266 Å². The van der Waals surface area contributed by atoms with E-state index in [1.165, 1.54) is 117 Å². The molecule has 0 N–H and O–H groups in total. The Hall–Kier alpha value is -16.4. The predicted octanol–water partition coefficient (Wildman–Crippen LogP) is 34.8. The molecule has 4 nitrogen and oxygen atoms in total. The summed E-state index contributed by atoms with van der Waals surface area (Å²) in [6, 6.07) is 173. The molecule has 131 heavy (non-hydrogen) atoms. The first kappa shape index (κ1) is 78.1. The van der Waals surface area contributed by atoms with E-state index in [1.807, 2.05) is 0 Å². The van der Waals surface area contributed by atoms with E-state index >= 15 is 0 Å². The second-order valence-corrected chi connectivity index (χ2v) is 36.1. The summed E-state index contributed by atoms with van der Waals surface area (Å²) in [7, 11) is 0. The SMILES string of the molecule is CC1(C)c2ccccc2-c2ccc(-c3cc(-c4ccc(N(c5ccc(-c6ccccc6)cc5)c5ccc6c(c5)C(C)(C)c5ccccc5-6)cc4)cc4c3oc3ccccc34)cc21.c1ccc(-c2ccc(N(c3ccc(-c4ccccc4)cc3)c3ccc(-c4cc(-c5ccc6c(c5)C(c5ccccc5)(c5ccccc5)c5ccccc5-6)c5oc6ccccc6c5c4)cc3)cc2)cc1. The average Bonchev–Trinajstić information content (AvgIpc) is 1.53. The number of furan rings is 2.